The number of hydrogen-bond acceptors (Lipinski definition) is 4. The third-order valence-corrected chi connectivity index (χ3v) is 2.35. The summed E-state index contributed by atoms with van der Waals surface area (Å²) in [5.41, 5.74) is 1.52. The van der Waals surface area contributed by atoms with Crippen molar-refractivity contribution in [1.82, 2.24) is 0 Å². The summed E-state index contributed by atoms with van der Waals surface area (Å²) in [6.45, 7) is 1.70. The van der Waals surface area contributed by atoms with Gasteiger partial charge in [-0.25, -0.2) is 4.79 Å². The van der Waals surface area contributed by atoms with E-state index < -0.39 is 0 Å². The highest BCUT2D eigenvalue weighted by molar-refractivity contribution is 5.89. The molecule has 1 aromatic carbocycles. The van der Waals surface area contributed by atoms with E-state index in [-0.39, 0.29) is 5.63 Å². The molecule has 0 aliphatic heterocycles. The van der Waals surface area contributed by atoms with Gasteiger partial charge in [-0.3, -0.25) is 0 Å². The predicted molar refractivity (Wildman–Crippen MR) is 61.1 cm³/mol. The Balaban J connectivity index is 2.63. The SMILES string of the molecule is CC(Cc1cc(=O)oc2ccccc12)=NO. The number of nitrogens with zero attached hydrogens (tertiary/aromatic N) is 1. The molecule has 0 atom stereocenters. The van der Waals surface area contributed by atoms with E-state index in [1.54, 1.807) is 13.0 Å². The van der Waals surface area contributed by atoms with Crippen molar-refractivity contribution in [3.8, 4) is 0 Å². The van der Waals surface area contributed by atoms with Gasteiger partial charge in [-0.2, -0.15) is 0 Å². The van der Waals surface area contributed by atoms with Crippen molar-refractivity contribution in [2.24, 2.45) is 5.16 Å². The largest absolute Gasteiger partial charge is 0.423 e. The predicted octanol–water partition coefficient (Wildman–Crippen LogP) is 2.19. The lowest BCUT2D eigenvalue weighted by molar-refractivity contribution is 0.317. The molecule has 0 unspecified atom stereocenters. The minimum atomic E-state index is -0.389. The van der Waals surface area contributed by atoms with Gasteiger partial charge in [-0.1, -0.05) is 23.4 Å². The first kappa shape index (κ1) is 10.4. The van der Waals surface area contributed by atoms with Gasteiger partial charge in [0.05, 0.1) is 5.71 Å². The topological polar surface area (TPSA) is 62.8 Å². The molecule has 82 valence electrons. The van der Waals surface area contributed by atoms with Crippen LogP contribution in [0.1, 0.15) is 12.5 Å². The molecule has 0 aliphatic carbocycles. The highest BCUT2D eigenvalue weighted by atomic mass is 16.4. The van der Waals surface area contributed by atoms with Crippen LogP contribution < -0.4 is 5.63 Å². The van der Waals surface area contributed by atoms with Crippen LogP contribution in [-0.2, 0) is 6.42 Å². The van der Waals surface area contributed by atoms with E-state index in [0.717, 1.165) is 10.9 Å². The van der Waals surface area contributed by atoms with Crippen LogP contribution >= 0.6 is 0 Å². The summed E-state index contributed by atoms with van der Waals surface area (Å²) < 4.78 is 5.06. The molecule has 4 nitrogen and oxygen atoms in total. The molecule has 1 heterocycles. The zero-order valence-electron chi connectivity index (χ0n) is 8.80. The molecular formula is C12H11NO3. The average Bonchev–Trinajstić information content (AvgIpc) is 2.28. The highest BCUT2D eigenvalue weighted by Gasteiger charge is 2.06. The summed E-state index contributed by atoms with van der Waals surface area (Å²) >= 11 is 0. The number of benzene rings is 1. The molecule has 1 aromatic heterocycles. The van der Waals surface area contributed by atoms with E-state index in [1.165, 1.54) is 6.07 Å². The van der Waals surface area contributed by atoms with Crippen LogP contribution in [0.25, 0.3) is 11.0 Å². The Morgan fingerprint density at radius 3 is 2.94 bits per heavy atom. The Kier molecular flexibility index (Phi) is 2.72. The second-order valence-corrected chi connectivity index (χ2v) is 3.60. The van der Waals surface area contributed by atoms with Crippen molar-refractivity contribution in [1.29, 1.82) is 0 Å². The van der Waals surface area contributed by atoms with Gasteiger partial charge < -0.3 is 9.62 Å². The van der Waals surface area contributed by atoms with Crippen LogP contribution in [0.4, 0.5) is 0 Å². The zero-order valence-corrected chi connectivity index (χ0v) is 8.80. The normalized spacial score (nSPS) is 11.9. The summed E-state index contributed by atoms with van der Waals surface area (Å²) in [6, 6.07) is 8.72. The molecule has 4 heteroatoms. The molecule has 16 heavy (non-hydrogen) atoms. The van der Waals surface area contributed by atoms with E-state index >= 15 is 0 Å². The molecule has 0 radical (unpaired) electrons. The number of oxime groups is 1. The van der Waals surface area contributed by atoms with E-state index in [9.17, 15) is 4.79 Å². The number of fused-ring (bicyclic) bond motifs is 1. The maximum Gasteiger partial charge on any atom is 0.336 e. The Morgan fingerprint density at radius 2 is 2.19 bits per heavy atom. The van der Waals surface area contributed by atoms with Gasteiger partial charge in [0.1, 0.15) is 5.58 Å². The van der Waals surface area contributed by atoms with Crippen LogP contribution in [0.2, 0.25) is 0 Å². The first-order chi connectivity index (χ1) is 7.70. The number of rotatable bonds is 2. The van der Waals surface area contributed by atoms with Gasteiger partial charge >= 0.3 is 5.63 Å². The fourth-order valence-electron chi connectivity index (χ4n) is 1.64. The molecular weight excluding hydrogens is 206 g/mol. The fourth-order valence-corrected chi connectivity index (χ4v) is 1.64. The van der Waals surface area contributed by atoms with Gasteiger partial charge in [0.25, 0.3) is 0 Å². The lowest BCUT2D eigenvalue weighted by Gasteiger charge is -2.03. The zero-order chi connectivity index (χ0) is 11.5. The molecule has 2 rings (SSSR count). The standard InChI is InChI=1S/C12H11NO3/c1-8(13-15)6-9-7-12(14)16-11-5-3-2-4-10(9)11/h2-5,7,15H,6H2,1H3. The Hall–Kier alpha value is -2.10. The minimum Gasteiger partial charge on any atom is -0.423 e. The van der Waals surface area contributed by atoms with Crippen molar-refractivity contribution in [2.45, 2.75) is 13.3 Å². The van der Waals surface area contributed by atoms with Crippen molar-refractivity contribution in [2.75, 3.05) is 0 Å². The molecule has 0 bridgehead atoms. The molecule has 0 aliphatic rings. The summed E-state index contributed by atoms with van der Waals surface area (Å²) in [4.78, 5) is 11.3. The molecule has 0 spiro atoms. The lowest BCUT2D eigenvalue weighted by Crippen LogP contribution is -2.04. The molecule has 2 aromatic rings. The van der Waals surface area contributed by atoms with Crippen LogP contribution in [0, 0.1) is 0 Å². The molecule has 0 amide bonds. The Bertz CT molecular complexity index is 598. The van der Waals surface area contributed by atoms with Crippen LogP contribution in [0.3, 0.4) is 0 Å². The van der Waals surface area contributed by atoms with Crippen LogP contribution in [0.5, 0.6) is 0 Å². The number of hydrogen-bond donors (Lipinski definition) is 1. The molecule has 1 N–H and O–H groups in total. The maximum atomic E-state index is 11.3. The van der Waals surface area contributed by atoms with E-state index in [4.69, 9.17) is 9.62 Å². The van der Waals surface area contributed by atoms with E-state index in [0.29, 0.717) is 17.7 Å². The molecule has 0 saturated heterocycles. The highest BCUT2D eigenvalue weighted by Crippen LogP contribution is 2.17. The first-order valence-corrected chi connectivity index (χ1v) is 4.90. The third kappa shape index (κ3) is 1.95. The minimum absolute atomic E-state index is 0.389. The van der Waals surface area contributed by atoms with Crippen LogP contribution in [0.15, 0.2) is 44.7 Å². The molecule has 0 saturated carbocycles. The number of para-hydroxylation sites is 1. The fraction of sp³-hybridized carbons (Fsp3) is 0.167. The monoisotopic (exact) mass is 217 g/mol. The smallest absolute Gasteiger partial charge is 0.336 e. The summed E-state index contributed by atoms with van der Waals surface area (Å²) in [5.74, 6) is 0. The van der Waals surface area contributed by atoms with E-state index in [1.807, 2.05) is 18.2 Å². The van der Waals surface area contributed by atoms with Crippen molar-refractivity contribution >= 4 is 16.7 Å². The summed E-state index contributed by atoms with van der Waals surface area (Å²) in [6.07, 6.45) is 0.433. The lowest BCUT2D eigenvalue weighted by atomic mass is 10.1. The quantitative estimate of drug-likeness (QED) is 0.363. The van der Waals surface area contributed by atoms with Gasteiger partial charge in [0.15, 0.2) is 0 Å². The Morgan fingerprint density at radius 1 is 1.44 bits per heavy atom. The second kappa shape index (κ2) is 4.18. The van der Waals surface area contributed by atoms with Crippen molar-refractivity contribution in [3.05, 3.63) is 46.3 Å². The maximum absolute atomic E-state index is 11.3. The molecule has 0 fully saturated rings. The summed E-state index contributed by atoms with van der Waals surface area (Å²) in [7, 11) is 0. The van der Waals surface area contributed by atoms with Gasteiger partial charge in [0.2, 0.25) is 0 Å². The van der Waals surface area contributed by atoms with Gasteiger partial charge in [-0.05, 0) is 18.6 Å². The Labute approximate surface area is 91.8 Å². The first-order valence-electron chi connectivity index (χ1n) is 4.90. The average molecular weight is 217 g/mol. The summed E-state index contributed by atoms with van der Waals surface area (Å²) in [5, 5.41) is 12.6. The second-order valence-electron chi connectivity index (χ2n) is 3.60. The van der Waals surface area contributed by atoms with E-state index in [2.05, 4.69) is 5.16 Å². The van der Waals surface area contributed by atoms with Crippen LogP contribution in [-0.4, -0.2) is 10.9 Å². The van der Waals surface area contributed by atoms with Gasteiger partial charge in [-0.15, -0.1) is 0 Å². The van der Waals surface area contributed by atoms with Crippen molar-refractivity contribution in [3.63, 3.8) is 0 Å². The van der Waals surface area contributed by atoms with Gasteiger partial charge in [0, 0.05) is 17.9 Å². The van der Waals surface area contributed by atoms with Crippen molar-refractivity contribution < 1.29 is 9.62 Å². The third-order valence-electron chi connectivity index (χ3n) is 2.35.